The monoisotopic (exact) mass is 453 g/mol. The summed E-state index contributed by atoms with van der Waals surface area (Å²) >= 11 is 0. The first-order valence-electron chi connectivity index (χ1n) is 11.2. The molecular weight excluding hydrogens is 422 g/mol. The minimum absolute atomic E-state index is 0.0620. The van der Waals surface area contributed by atoms with Crippen molar-refractivity contribution in [1.29, 1.82) is 0 Å². The van der Waals surface area contributed by atoms with E-state index in [1.165, 1.54) is 30.3 Å². The Morgan fingerprint density at radius 3 is 2.27 bits per heavy atom. The summed E-state index contributed by atoms with van der Waals surface area (Å²) in [5, 5.41) is 3.92. The SMILES string of the molecule is C1CCC1.COc1cc(OC)cc(-c2cc3cnc(NC4COCC4N)nc3n(C)c2=O)c1. The Morgan fingerprint density at radius 1 is 1.06 bits per heavy atom. The number of nitrogens with zero attached hydrogens (tertiary/aromatic N) is 3. The van der Waals surface area contributed by atoms with Crippen LogP contribution in [0.25, 0.3) is 22.2 Å². The Morgan fingerprint density at radius 2 is 1.73 bits per heavy atom. The van der Waals surface area contributed by atoms with E-state index in [0.717, 1.165) is 5.39 Å². The summed E-state index contributed by atoms with van der Waals surface area (Å²) in [7, 11) is 4.83. The first kappa shape index (κ1) is 23.0. The Hall–Kier alpha value is -3.17. The van der Waals surface area contributed by atoms with Crippen molar-refractivity contribution in [2.75, 3.05) is 32.8 Å². The molecule has 33 heavy (non-hydrogen) atoms. The number of pyridine rings is 1. The molecule has 3 aromatic rings. The molecule has 1 saturated heterocycles. The molecule has 2 fully saturated rings. The quantitative estimate of drug-likeness (QED) is 0.606. The average Bonchev–Trinajstić information content (AvgIpc) is 3.19. The minimum Gasteiger partial charge on any atom is -0.497 e. The number of nitrogens with two attached hydrogens (primary N) is 1. The molecule has 1 aliphatic carbocycles. The zero-order valence-corrected chi connectivity index (χ0v) is 19.3. The second kappa shape index (κ2) is 10.2. The van der Waals surface area contributed by atoms with Crippen molar-refractivity contribution in [3.8, 4) is 22.6 Å². The van der Waals surface area contributed by atoms with Crippen molar-refractivity contribution in [1.82, 2.24) is 14.5 Å². The van der Waals surface area contributed by atoms with Crippen molar-refractivity contribution in [2.24, 2.45) is 12.8 Å². The lowest BCUT2D eigenvalue weighted by atomic mass is 10.0. The summed E-state index contributed by atoms with van der Waals surface area (Å²) in [6, 6.07) is 6.94. The summed E-state index contributed by atoms with van der Waals surface area (Å²) < 4.78 is 17.5. The molecule has 0 radical (unpaired) electrons. The van der Waals surface area contributed by atoms with Crippen LogP contribution < -0.4 is 26.1 Å². The molecule has 3 N–H and O–H groups in total. The number of ether oxygens (including phenoxy) is 3. The number of nitrogens with one attached hydrogen (secondary N) is 1. The Kier molecular flexibility index (Phi) is 7.10. The van der Waals surface area contributed by atoms with Crippen molar-refractivity contribution >= 4 is 17.0 Å². The second-order valence-corrected chi connectivity index (χ2v) is 8.36. The van der Waals surface area contributed by atoms with E-state index in [2.05, 4.69) is 15.3 Å². The highest BCUT2D eigenvalue weighted by Crippen LogP contribution is 2.29. The summed E-state index contributed by atoms with van der Waals surface area (Å²) in [5.74, 6) is 1.62. The molecule has 1 saturated carbocycles. The molecule has 0 amide bonds. The highest BCUT2D eigenvalue weighted by molar-refractivity contribution is 5.82. The van der Waals surface area contributed by atoms with Gasteiger partial charge in [0, 0.05) is 30.3 Å². The number of rotatable bonds is 5. The van der Waals surface area contributed by atoms with Crippen LogP contribution in [-0.4, -0.2) is 54.1 Å². The fourth-order valence-corrected chi connectivity index (χ4v) is 3.62. The van der Waals surface area contributed by atoms with Crippen molar-refractivity contribution in [3.63, 3.8) is 0 Å². The van der Waals surface area contributed by atoms with Crippen LogP contribution in [0.5, 0.6) is 11.5 Å². The van der Waals surface area contributed by atoms with Gasteiger partial charge in [0.25, 0.3) is 5.56 Å². The van der Waals surface area contributed by atoms with E-state index in [1.54, 1.807) is 51.7 Å². The Balaban J connectivity index is 0.000000586. The number of anilines is 1. The number of hydrogen-bond acceptors (Lipinski definition) is 8. The molecule has 2 unspecified atom stereocenters. The number of benzene rings is 1. The van der Waals surface area contributed by atoms with Gasteiger partial charge >= 0.3 is 0 Å². The maximum atomic E-state index is 13.1. The van der Waals surface area contributed by atoms with Gasteiger partial charge in [-0.05, 0) is 23.8 Å². The van der Waals surface area contributed by atoms with Crippen LogP contribution in [0.2, 0.25) is 0 Å². The van der Waals surface area contributed by atoms with Crippen LogP contribution in [0.1, 0.15) is 25.7 Å². The molecule has 2 aromatic heterocycles. The number of fused-ring (bicyclic) bond motifs is 1. The standard InChI is InChI=1S/C20H23N5O4.C4H8/c1-25-18-12(8-22-20(24-18)23-17-10-29-9-16(17)21)6-15(19(25)26)11-4-13(27-2)7-14(5-11)28-3;1-2-4-3-1/h4-8,16-17H,9-10,21H2,1-3H3,(H,22,23,24);1-4H2. The molecule has 9 nitrogen and oxygen atoms in total. The highest BCUT2D eigenvalue weighted by Gasteiger charge is 2.25. The zero-order chi connectivity index (χ0) is 23.4. The van der Waals surface area contributed by atoms with E-state index in [9.17, 15) is 4.79 Å². The lowest BCUT2D eigenvalue weighted by Crippen LogP contribution is -2.39. The maximum Gasteiger partial charge on any atom is 0.259 e. The summed E-state index contributed by atoms with van der Waals surface area (Å²) in [5.41, 5.74) is 7.55. The topological polar surface area (TPSA) is 114 Å². The molecule has 1 aliphatic heterocycles. The van der Waals surface area contributed by atoms with Crippen LogP contribution in [0.15, 0.2) is 35.3 Å². The predicted molar refractivity (Wildman–Crippen MR) is 128 cm³/mol. The van der Waals surface area contributed by atoms with Crippen LogP contribution in [0.4, 0.5) is 5.95 Å². The van der Waals surface area contributed by atoms with Gasteiger partial charge in [-0.2, -0.15) is 4.98 Å². The lowest BCUT2D eigenvalue weighted by Gasteiger charge is -2.16. The molecule has 2 aliphatic rings. The van der Waals surface area contributed by atoms with E-state index in [0.29, 0.717) is 47.4 Å². The minimum atomic E-state index is -0.182. The number of aromatic nitrogens is 3. The van der Waals surface area contributed by atoms with Gasteiger partial charge in [0.2, 0.25) is 5.95 Å². The summed E-state index contributed by atoms with van der Waals surface area (Å²) in [4.78, 5) is 21.9. The first-order chi connectivity index (χ1) is 16.0. The van der Waals surface area contributed by atoms with Gasteiger partial charge in [-0.1, -0.05) is 25.7 Å². The van der Waals surface area contributed by atoms with E-state index in [4.69, 9.17) is 19.9 Å². The molecule has 176 valence electrons. The number of aryl methyl sites for hydroxylation is 1. The molecular formula is C24H31N5O4. The van der Waals surface area contributed by atoms with Crippen molar-refractivity contribution < 1.29 is 14.2 Å². The van der Waals surface area contributed by atoms with Gasteiger partial charge in [-0.25, -0.2) is 4.98 Å². The van der Waals surface area contributed by atoms with Crippen LogP contribution in [0, 0.1) is 0 Å². The number of methoxy groups -OCH3 is 2. The second-order valence-electron chi connectivity index (χ2n) is 8.36. The van der Waals surface area contributed by atoms with Gasteiger partial charge in [0.15, 0.2) is 0 Å². The van der Waals surface area contributed by atoms with Crippen LogP contribution >= 0.6 is 0 Å². The molecule has 9 heteroatoms. The fraction of sp³-hybridized carbons (Fsp3) is 0.458. The van der Waals surface area contributed by atoms with E-state index < -0.39 is 0 Å². The smallest absolute Gasteiger partial charge is 0.259 e. The van der Waals surface area contributed by atoms with Gasteiger partial charge < -0.3 is 25.3 Å². The zero-order valence-electron chi connectivity index (χ0n) is 19.3. The van der Waals surface area contributed by atoms with Gasteiger partial charge in [-0.3, -0.25) is 9.36 Å². The van der Waals surface area contributed by atoms with Crippen LogP contribution in [0.3, 0.4) is 0 Å². The molecule has 0 spiro atoms. The fourth-order valence-electron chi connectivity index (χ4n) is 3.62. The maximum absolute atomic E-state index is 13.1. The van der Waals surface area contributed by atoms with Gasteiger partial charge in [-0.15, -0.1) is 0 Å². The average molecular weight is 454 g/mol. The van der Waals surface area contributed by atoms with Gasteiger partial charge in [0.05, 0.1) is 39.5 Å². The van der Waals surface area contributed by atoms with E-state index in [1.807, 2.05) is 0 Å². The molecule has 0 bridgehead atoms. The Bertz CT molecular complexity index is 1150. The third-order valence-corrected chi connectivity index (χ3v) is 6.05. The third-order valence-electron chi connectivity index (χ3n) is 6.05. The lowest BCUT2D eigenvalue weighted by molar-refractivity contribution is 0.192. The summed E-state index contributed by atoms with van der Waals surface area (Å²) in [6.45, 7) is 0.995. The van der Waals surface area contributed by atoms with E-state index in [-0.39, 0.29) is 17.6 Å². The van der Waals surface area contributed by atoms with E-state index >= 15 is 0 Å². The number of hydrogen-bond donors (Lipinski definition) is 2. The first-order valence-corrected chi connectivity index (χ1v) is 11.2. The highest BCUT2D eigenvalue weighted by atomic mass is 16.5. The molecule has 3 heterocycles. The van der Waals surface area contributed by atoms with Gasteiger partial charge in [0.1, 0.15) is 17.1 Å². The van der Waals surface area contributed by atoms with Crippen molar-refractivity contribution in [3.05, 3.63) is 40.8 Å². The third kappa shape index (κ3) is 5.09. The largest absolute Gasteiger partial charge is 0.497 e. The molecule has 1 aromatic carbocycles. The Labute approximate surface area is 192 Å². The molecule has 5 rings (SSSR count). The normalized spacial score (nSPS) is 19.4. The summed E-state index contributed by atoms with van der Waals surface area (Å²) in [6.07, 6.45) is 7.69. The predicted octanol–water partition coefficient (Wildman–Crippen LogP) is 2.71. The molecule has 2 atom stereocenters. The van der Waals surface area contributed by atoms with Crippen molar-refractivity contribution in [2.45, 2.75) is 37.8 Å². The van der Waals surface area contributed by atoms with Crippen LogP contribution in [-0.2, 0) is 11.8 Å².